The average Bonchev–Trinajstić information content (AvgIpc) is 2.75. The lowest BCUT2D eigenvalue weighted by atomic mass is 9.95. The van der Waals surface area contributed by atoms with E-state index in [1.807, 2.05) is 24.3 Å². The third-order valence-corrected chi connectivity index (χ3v) is 5.30. The molecule has 2 aromatic carbocycles. The molecule has 29 heavy (non-hydrogen) atoms. The molecule has 0 saturated heterocycles. The third-order valence-electron chi connectivity index (χ3n) is 5.30. The van der Waals surface area contributed by atoms with Crippen LogP contribution in [0.3, 0.4) is 0 Å². The first-order valence-electron chi connectivity index (χ1n) is 9.93. The van der Waals surface area contributed by atoms with E-state index in [0.717, 1.165) is 31.2 Å². The van der Waals surface area contributed by atoms with Crippen LogP contribution in [0, 0.1) is 0 Å². The number of fused-ring (bicyclic) bond motifs is 1. The number of methoxy groups -OCH3 is 1. The van der Waals surface area contributed by atoms with Crippen molar-refractivity contribution in [3.05, 3.63) is 59.4 Å². The lowest BCUT2D eigenvalue weighted by Crippen LogP contribution is -2.36. The van der Waals surface area contributed by atoms with E-state index in [4.69, 9.17) is 9.47 Å². The van der Waals surface area contributed by atoms with Gasteiger partial charge in [0.25, 0.3) is 11.8 Å². The minimum absolute atomic E-state index is 0.121. The summed E-state index contributed by atoms with van der Waals surface area (Å²) in [6.45, 7) is 0. The molecule has 6 nitrogen and oxygen atoms in total. The van der Waals surface area contributed by atoms with Gasteiger partial charge in [0.1, 0.15) is 5.75 Å². The van der Waals surface area contributed by atoms with Crippen molar-refractivity contribution in [2.45, 2.75) is 38.1 Å². The highest BCUT2D eigenvalue weighted by molar-refractivity contribution is 6.09. The topological polar surface area (TPSA) is 76.7 Å². The van der Waals surface area contributed by atoms with Gasteiger partial charge >= 0.3 is 0 Å². The van der Waals surface area contributed by atoms with Crippen molar-refractivity contribution in [2.24, 2.45) is 0 Å². The fourth-order valence-electron chi connectivity index (χ4n) is 3.74. The zero-order valence-corrected chi connectivity index (χ0v) is 16.4. The Kier molecular flexibility index (Phi) is 5.51. The molecule has 2 aromatic rings. The number of benzene rings is 2. The molecular weight excluding hydrogens is 368 g/mol. The van der Waals surface area contributed by atoms with Crippen LogP contribution >= 0.6 is 0 Å². The summed E-state index contributed by atoms with van der Waals surface area (Å²) in [5.74, 6) is 0.829. The summed E-state index contributed by atoms with van der Waals surface area (Å²) in [6, 6.07) is 12.7. The molecule has 2 N–H and O–H groups in total. The number of amides is 2. The Morgan fingerprint density at radius 3 is 2.76 bits per heavy atom. The number of carbonyl (C=O) groups excluding carboxylic acids is 2. The zero-order chi connectivity index (χ0) is 20.2. The van der Waals surface area contributed by atoms with E-state index in [2.05, 4.69) is 10.6 Å². The van der Waals surface area contributed by atoms with Gasteiger partial charge in [0, 0.05) is 17.2 Å². The van der Waals surface area contributed by atoms with E-state index in [1.165, 1.54) is 6.42 Å². The lowest BCUT2D eigenvalue weighted by molar-refractivity contribution is -0.115. The van der Waals surface area contributed by atoms with Gasteiger partial charge in [0.05, 0.1) is 12.8 Å². The molecule has 150 valence electrons. The van der Waals surface area contributed by atoms with Gasteiger partial charge in [-0.15, -0.1) is 0 Å². The second kappa shape index (κ2) is 8.39. The number of hydrogen-bond acceptors (Lipinski definition) is 4. The Bertz CT molecular complexity index is 961. The van der Waals surface area contributed by atoms with Crippen LogP contribution in [0.25, 0.3) is 6.08 Å². The maximum atomic E-state index is 12.6. The number of ether oxygens (including phenoxy) is 2. The SMILES string of the molecule is COc1ccccc1C=C1Oc2ccc(C(=O)NC3CCCCC3)cc2NC1=O. The van der Waals surface area contributed by atoms with E-state index < -0.39 is 0 Å². The fourth-order valence-corrected chi connectivity index (χ4v) is 3.74. The van der Waals surface area contributed by atoms with E-state index >= 15 is 0 Å². The second-order valence-corrected chi connectivity index (χ2v) is 7.33. The average molecular weight is 392 g/mol. The van der Waals surface area contributed by atoms with E-state index in [0.29, 0.717) is 22.7 Å². The number of hydrogen-bond donors (Lipinski definition) is 2. The standard InChI is InChI=1S/C23H24N2O4/c1-28-19-10-6-5-7-15(19)14-21-23(27)25-18-13-16(11-12-20(18)29-21)22(26)24-17-8-3-2-4-9-17/h5-7,10-14,17H,2-4,8-9H2,1H3,(H,24,26)(H,25,27). The minimum atomic E-state index is -0.367. The molecule has 1 aliphatic carbocycles. The molecule has 1 fully saturated rings. The minimum Gasteiger partial charge on any atom is -0.496 e. The summed E-state index contributed by atoms with van der Waals surface area (Å²) in [7, 11) is 1.58. The smallest absolute Gasteiger partial charge is 0.291 e. The van der Waals surface area contributed by atoms with Crippen molar-refractivity contribution in [2.75, 3.05) is 12.4 Å². The first-order chi connectivity index (χ1) is 14.1. The van der Waals surface area contributed by atoms with Crippen molar-refractivity contribution < 1.29 is 19.1 Å². The maximum Gasteiger partial charge on any atom is 0.291 e. The molecule has 0 spiro atoms. The molecule has 0 aromatic heterocycles. The van der Waals surface area contributed by atoms with Gasteiger partial charge < -0.3 is 20.1 Å². The van der Waals surface area contributed by atoms with E-state index in [-0.39, 0.29) is 23.6 Å². The molecule has 0 bridgehead atoms. The quantitative estimate of drug-likeness (QED) is 0.767. The summed E-state index contributed by atoms with van der Waals surface area (Å²) in [6.07, 6.45) is 7.22. The van der Waals surface area contributed by atoms with Crippen molar-refractivity contribution in [3.8, 4) is 11.5 Å². The summed E-state index contributed by atoms with van der Waals surface area (Å²) in [4.78, 5) is 25.1. The Balaban J connectivity index is 1.52. The Hall–Kier alpha value is -3.28. The van der Waals surface area contributed by atoms with Crippen LogP contribution in [0.5, 0.6) is 11.5 Å². The number of carbonyl (C=O) groups is 2. The highest BCUT2D eigenvalue weighted by Crippen LogP contribution is 2.33. The number of anilines is 1. The van der Waals surface area contributed by atoms with Gasteiger partial charge in [-0.05, 0) is 43.2 Å². The van der Waals surface area contributed by atoms with Crippen LogP contribution in [0.1, 0.15) is 48.0 Å². The summed E-state index contributed by atoms with van der Waals surface area (Å²) in [5.41, 5.74) is 1.74. The Morgan fingerprint density at radius 2 is 1.97 bits per heavy atom. The molecule has 1 aliphatic heterocycles. The second-order valence-electron chi connectivity index (χ2n) is 7.33. The van der Waals surface area contributed by atoms with Crippen molar-refractivity contribution in [1.82, 2.24) is 5.32 Å². The highest BCUT2D eigenvalue weighted by atomic mass is 16.5. The van der Waals surface area contributed by atoms with Crippen LogP contribution in [-0.2, 0) is 4.79 Å². The fraction of sp³-hybridized carbons (Fsp3) is 0.304. The normalized spacial score (nSPS) is 17.8. The molecule has 1 heterocycles. The van der Waals surface area contributed by atoms with Gasteiger partial charge in [-0.3, -0.25) is 9.59 Å². The van der Waals surface area contributed by atoms with Gasteiger partial charge in [0.15, 0.2) is 11.5 Å². The van der Waals surface area contributed by atoms with E-state index in [1.54, 1.807) is 31.4 Å². The third kappa shape index (κ3) is 4.26. The maximum absolute atomic E-state index is 12.6. The van der Waals surface area contributed by atoms with Crippen molar-refractivity contribution in [1.29, 1.82) is 0 Å². The molecule has 2 aliphatic rings. The summed E-state index contributed by atoms with van der Waals surface area (Å²) < 4.78 is 11.1. The monoisotopic (exact) mass is 392 g/mol. The number of para-hydroxylation sites is 1. The molecule has 0 unspecified atom stereocenters. The van der Waals surface area contributed by atoms with Crippen LogP contribution in [0.2, 0.25) is 0 Å². The first-order valence-corrected chi connectivity index (χ1v) is 9.93. The summed E-state index contributed by atoms with van der Waals surface area (Å²) >= 11 is 0. The molecule has 1 saturated carbocycles. The zero-order valence-electron chi connectivity index (χ0n) is 16.4. The number of nitrogens with one attached hydrogen (secondary N) is 2. The molecular formula is C23H24N2O4. The molecule has 4 rings (SSSR count). The van der Waals surface area contributed by atoms with Gasteiger partial charge in [0.2, 0.25) is 0 Å². The number of rotatable bonds is 4. The van der Waals surface area contributed by atoms with Crippen molar-refractivity contribution in [3.63, 3.8) is 0 Å². The lowest BCUT2D eigenvalue weighted by Gasteiger charge is -2.24. The molecule has 6 heteroatoms. The largest absolute Gasteiger partial charge is 0.496 e. The molecule has 0 atom stereocenters. The van der Waals surface area contributed by atoms with Crippen LogP contribution in [0.15, 0.2) is 48.2 Å². The van der Waals surface area contributed by atoms with Gasteiger partial charge in [-0.1, -0.05) is 37.5 Å². The predicted octanol–water partition coefficient (Wildman–Crippen LogP) is 4.13. The Labute approximate surface area is 169 Å². The molecule has 2 amide bonds. The van der Waals surface area contributed by atoms with E-state index in [9.17, 15) is 9.59 Å². The highest BCUT2D eigenvalue weighted by Gasteiger charge is 2.24. The molecule has 0 radical (unpaired) electrons. The predicted molar refractivity (Wildman–Crippen MR) is 111 cm³/mol. The van der Waals surface area contributed by atoms with Gasteiger partial charge in [-0.25, -0.2) is 0 Å². The van der Waals surface area contributed by atoms with Crippen molar-refractivity contribution >= 4 is 23.6 Å². The first kappa shape index (κ1) is 19.1. The van der Waals surface area contributed by atoms with Crippen LogP contribution in [-0.4, -0.2) is 25.0 Å². The Morgan fingerprint density at radius 1 is 1.17 bits per heavy atom. The summed E-state index contributed by atoms with van der Waals surface area (Å²) in [5, 5.41) is 5.90. The van der Waals surface area contributed by atoms with Gasteiger partial charge in [-0.2, -0.15) is 0 Å². The van der Waals surface area contributed by atoms with Crippen LogP contribution in [0.4, 0.5) is 5.69 Å². The van der Waals surface area contributed by atoms with Crippen LogP contribution < -0.4 is 20.1 Å².